The van der Waals surface area contributed by atoms with Gasteiger partial charge >= 0.3 is 5.97 Å². The number of carbonyl (C=O) groups is 2. The van der Waals surface area contributed by atoms with E-state index in [1.54, 1.807) is 51.3 Å². The Morgan fingerprint density at radius 2 is 1.77 bits per heavy atom. The second kappa shape index (κ2) is 7.44. The molecule has 0 N–H and O–H groups in total. The Morgan fingerprint density at radius 1 is 1.08 bits per heavy atom. The normalized spacial score (nSPS) is 12.0. The molecule has 0 saturated heterocycles. The first-order chi connectivity index (χ1) is 12.6. The molecule has 0 spiro atoms. The Balaban J connectivity index is 2.10. The third-order valence-corrected chi connectivity index (χ3v) is 4.27. The summed E-state index contributed by atoms with van der Waals surface area (Å²) in [6.07, 6.45) is 0. The van der Waals surface area contributed by atoms with Gasteiger partial charge in [-0.25, -0.2) is 0 Å². The molecule has 0 aliphatic rings. The lowest BCUT2D eigenvalue weighted by molar-refractivity contribution is -0.144. The van der Waals surface area contributed by atoms with Crippen molar-refractivity contribution in [1.29, 1.82) is 0 Å². The summed E-state index contributed by atoms with van der Waals surface area (Å²) in [4.78, 5) is 25.3. The second-order valence-corrected chi connectivity index (χ2v) is 5.87. The molecule has 5 nitrogen and oxygen atoms in total. The van der Waals surface area contributed by atoms with Crippen LogP contribution in [0.1, 0.15) is 41.4 Å². The van der Waals surface area contributed by atoms with Crippen LogP contribution in [0.3, 0.4) is 0 Å². The monoisotopic (exact) mass is 352 g/mol. The van der Waals surface area contributed by atoms with E-state index in [0.29, 0.717) is 22.5 Å². The highest BCUT2D eigenvalue weighted by atomic mass is 16.5. The third-order valence-electron chi connectivity index (χ3n) is 4.27. The van der Waals surface area contributed by atoms with Crippen LogP contribution in [0.5, 0.6) is 5.75 Å². The molecule has 0 fully saturated rings. The van der Waals surface area contributed by atoms with E-state index in [4.69, 9.17) is 13.9 Å². The molecular formula is C21H20O5. The van der Waals surface area contributed by atoms with Crippen LogP contribution in [-0.4, -0.2) is 25.5 Å². The van der Waals surface area contributed by atoms with Crippen molar-refractivity contribution < 1.29 is 23.5 Å². The first kappa shape index (κ1) is 17.7. The predicted octanol–water partition coefficient (Wildman–Crippen LogP) is 4.34. The number of hydrogen-bond acceptors (Lipinski definition) is 5. The summed E-state index contributed by atoms with van der Waals surface area (Å²) >= 11 is 0. The molecule has 5 heteroatoms. The van der Waals surface area contributed by atoms with E-state index in [0.717, 1.165) is 5.39 Å². The van der Waals surface area contributed by atoms with Crippen molar-refractivity contribution in [3.05, 3.63) is 65.4 Å². The zero-order valence-electron chi connectivity index (χ0n) is 14.9. The minimum absolute atomic E-state index is 0.164. The van der Waals surface area contributed by atoms with Gasteiger partial charge in [0.2, 0.25) is 5.78 Å². The van der Waals surface area contributed by atoms with Gasteiger partial charge in [0.05, 0.1) is 19.6 Å². The number of fused-ring (bicyclic) bond motifs is 1. The topological polar surface area (TPSA) is 65.7 Å². The van der Waals surface area contributed by atoms with Crippen LogP contribution in [0.25, 0.3) is 11.0 Å². The molecule has 0 amide bonds. The predicted molar refractivity (Wildman–Crippen MR) is 97.7 cm³/mol. The molecular weight excluding hydrogens is 332 g/mol. The van der Waals surface area contributed by atoms with Crippen LogP contribution in [0.2, 0.25) is 0 Å². The average molecular weight is 352 g/mol. The fourth-order valence-electron chi connectivity index (χ4n) is 2.92. The van der Waals surface area contributed by atoms with Gasteiger partial charge in [0, 0.05) is 16.5 Å². The molecule has 0 aliphatic carbocycles. The van der Waals surface area contributed by atoms with Crippen molar-refractivity contribution in [3.63, 3.8) is 0 Å². The Morgan fingerprint density at radius 3 is 2.42 bits per heavy atom. The highest BCUT2D eigenvalue weighted by Crippen LogP contribution is 2.34. The third kappa shape index (κ3) is 3.20. The molecule has 3 aromatic rings. The van der Waals surface area contributed by atoms with E-state index in [1.807, 2.05) is 18.2 Å². The van der Waals surface area contributed by atoms with Crippen molar-refractivity contribution in [3.8, 4) is 5.75 Å². The van der Waals surface area contributed by atoms with Crippen LogP contribution >= 0.6 is 0 Å². The smallest absolute Gasteiger partial charge is 0.313 e. The number of furan rings is 1. The molecule has 134 valence electrons. The first-order valence-electron chi connectivity index (χ1n) is 8.43. The van der Waals surface area contributed by atoms with Crippen LogP contribution in [0, 0.1) is 0 Å². The molecule has 2 aromatic carbocycles. The number of para-hydroxylation sites is 1. The lowest BCUT2D eigenvalue weighted by atomic mass is 9.94. The molecule has 0 saturated carbocycles. The molecule has 1 aromatic heterocycles. The maximum atomic E-state index is 13.0. The van der Waals surface area contributed by atoms with Crippen molar-refractivity contribution in [1.82, 2.24) is 0 Å². The Kier molecular flexibility index (Phi) is 5.07. The standard InChI is InChI=1S/C21H20O5/c1-4-25-21(23)13(2)18-16-7-5-6-8-17(16)26-20(18)19(22)14-9-11-15(24-3)12-10-14/h5-13H,4H2,1-3H3/t13-/m0/s1. The average Bonchev–Trinajstić information content (AvgIpc) is 3.06. The van der Waals surface area contributed by atoms with Crippen LogP contribution in [0.15, 0.2) is 52.9 Å². The quantitative estimate of drug-likeness (QED) is 0.488. The summed E-state index contributed by atoms with van der Waals surface area (Å²) in [6, 6.07) is 14.1. The number of esters is 1. The molecule has 0 bridgehead atoms. The summed E-state index contributed by atoms with van der Waals surface area (Å²) in [7, 11) is 1.56. The molecule has 1 heterocycles. The molecule has 0 unspecified atom stereocenters. The summed E-state index contributed by atoms with van der Waals surface area (Å²) in [5, 5.41) is 0.741. The number of hydrogen-bond donors (Lipinski definition) is 0. The highest BCUT2D eigenvalue weighted by molar-refractivity contribution is 6.11. The molecule has 1 atom stereocenters. The summed E-state index contributed by atoms with van der Waals surface area (Å²) in [6.45, 7) is 3.75. The Labute approximate surface area is 151 Å². The van der Waals surface area contributed by atoms with Crippen molar-refractivity contribution in [2.24, 2.45) is 0 Å². The Hall–Kier alpha value is -3.08. The minimum atomic E-state index is -0.615. The van der Waals surface area contributed by atoms with Gasteiger partial charge in [-0.1, -0.05) is 18.2 Å². The molecule has 0 aliphatic heterocycles. The number of ketones is 1. The lowest BCUT2D eigenvalue weighted by Crippen LogP contribution is -2.15. The van der Waals surface area contributed by atoms with Gasteiger partial charge in [0.15, 0.2) is 5.76 Å². The number of methoxy groups -OCH3 is 1. The SMILES string of the molecule is CCOC(=O)[C@@H](C)c1c(C(=O)c2ccc(OC)cc2)oc2ccccc12. The van der Waals surface area contributed by atoms with E-state index < -0.39 is 5.92 Å². The van der Waals surface area contributed by atoms with E-state index in [1.165, 1.54) is 0 Å². The van der Waals surface area contributed by atoms with Gasteiger partial charge in [-0.05, 0) is 44.2 Å². The van der Waals surface area contributed by atoms with Gasteiger partial charge < -0.3 is 13.9 Å². The maximum absolute atomic E-state index is 13.0. The van der Waals surface area contributed by atoms with Crippen LogP contribution < -0.4 is 4.74 Å². The number of benzene rings is 2. The van der Waals surface area contributed by atoms with E-state index in [2.05, 4.69) is 0 Å². The number of rotatable bonds is 6. The fourth-order valence-corrected chi connectivity index (χ4v) is 2.92. The minimum Gasteiger partial charge on any atom is -0.497 e. The van der Waals surface area contributed by atoms with Gasteiger partial charge in [-0.15, -0.1) is 0 Å². The van der Waals surface area contributed by atoms with E-state index >= 15 is 0 Å². The zero-order valence-corrected chi connectivity index (χ0v) is 14.9. The van der Waals surface area contributed by atoms with Crippen molar-refractivity contribution in [2.75, 3.05) is 13.7 Å². The largest absolute Gasteiger partial charge is 0.497 e. The summed E-state index contributed by atoms with van der Waals surface area (Å²) in [5.74, 6) is -0.461. The molecule has 26 heavy (non-hydrogen) atoms. The van der Waals surface area contributed by atoms with E-state index in [-0.39, 0.29) is 24.1 Å². The molecule has 3 rings (SSSR count). The van der Waals surface area contributed by atoms with Crippen LogP contribution in [-0.2, 0) is 9.53 Å². The van der Waals surface area contributed by atoms with Gasteiger partial charge in [-0.3, -0.25) is 9.59 Å². The van der Waals surface area contributed by atoms with Gasteiger partial charge in [0.1, 0.15) is 11.3 Å². The fraction of sp³-hybridized carbons (Fsp3) is 0.238. The lowest BCUT2D eigenvalue weighted by Gasteiger charge is -2.11. The summed E-state index contributed by atoms with van der Waals surface area (Å²) < 4.78 is 16.1. The van der Waals surface area contributed by atoms with Gasteiger partial charge in [-0.2, -0.15) is 0 Å². The van der Waals surface area contributed by atoms with Crippen molar-refractivity contribution >= 4 is 22.7 Å². The maximum Gasteiger partial charge on any atom is 0.313 e. The summed E-state index contributed by atoms with van der Waals surface area (Å²) in [5.41, 5.74) is 1.58. The van der Waals surface area contributed by atoms with Crippen molar-refractivity contribution in [2.45, 2.75) is 19.8 Å². The molecule has 0 radical (unpaired) electrons. The van der Waals surface area contributed by atoms with E-state index in [9.17, 15) is 9.59 Å². The zero-order chi connectivity index (χ0) is 18.7. The van der Waals surface area contributed by atoms with Crippen LogP contribution in [0.4, 0.5) is 0 Å². The second-order valence-electron chi connectivity index (χ2n) is 5.87. The first-order valence-corrected chi connectivity index (χ1v) is 8.43. The highest BCUT2D eigenvalue weighted by Gasteiger charge is 2.29. The number of carbonyl (C=O) groups excluding carboxylic acids is 2. The van der Waals surface area contributed by atoms with Gasteiger partial charge in [0.25, 0.3) is 0 Å². The Bertz CT molecular complexity index is 937. The number of ether oxygens (including phenoxy) is 2.